The first-order chi connectivity index (χ1) is 58.4. The predicted octanol–water partition coefficient (Wildman–Crippen LogP) is 3.19. The van der Waals surface area contributed by atoms with Crippen LogP contribution in [-0.2, 0) is 68.6 Å². The van der Waals surface area contributed by atoms with E-state index in [1.54, 1.807) is 13.8 Å². The van der Waals surface area contributed by atoms with Gasteiger partial charge in [-0.15, -0.1) is 0 Å². The summed E-state index contributed by atoms with van der Waals surface area (Å²) >= 11 is 7.23. The van der Waals surface area contributed by atoms with Crippen LogP contribution in [0, 0.1) is 5.92 Å². The van der Waals surface area contributed by atoms with Crippen LogP contribution in [0.15, 0.2) is 140 Å². The lowest BCUT2D eigenvalue weighted by molar-refractivity contribution is -0.334. The number of phenolic OH excluding ortho intramolecular Hbond substituents is 3. The largest absolute Gasteiger partial charge is 0.508 e. The predicted molar refractivity (Wildman–Crippen MR) is 435 cm³/mol. The van der Waals surface area contributed by atoms with Gasteiger partial charge in [0, 0.05) is 53.2 Å². The SMILES string of the molecule is CNC(CC(C)C)C(=O)NC1C(=O)NC(CC(N)=O)C(=O)NC2C(=O)NC3C(=O)NC(C(=O)NC(C(=O)O)c4cc(O)cc(O)c4-c4c(O)cccc43)C(OC3CC(C)(N)C(O)C(C)O3)c3ccc(cc3)Oc3cc2cc(c3OC2OC(CO)C(O)C(O)C2OC2CC(C)(NCc3ccc(-c4ccccc4)cc3)C(O)C(C)O2)Oc2ccc(cc2Cl)C1O. The summed E-state index contributed by atoms with van der Waals surface area (Å²) in [6, 6.07) is 18.9. The maximum atomic E-state index is 16.6. The number of hydrogen-bond donors (Lipinski definition) is 20. The molecular weight excluding hydrogens is 1620 g/mol. The number of likely N-dealkylation sites (N-methyl/N-ethyl adjacent to an activating group) is 1. The molecular formula is C86H99ClN10O26. The molecule has 37 heteroatoms. The van der Waals surface area contributed by atoms with E-state index in [-0.39, 0.29) is 59.4 Å². The molecule has 0 aliphatic carbocycles. The van der Waals surface area contributed by atoms with E-state index < -0.39 is 256 Å². The number of hydrogen-bond acceptors (Lipinski definition) is 28. The van der Waals surface area contributed by atoms with Crippen molar-refractivity contribution in [2.75, 3.05) is 13.7 Å². The van der Waals surface area contributed by atoms with Gasteiger partial charge < -0.3 is 143 Å². The van der Waals surface area contributed by atoms with Gasteiger partial charge in [-0.3, -0.25) is 33.6 Å². The number of aliphatic hydroxyl groups excluding tert-OH is 6. The van der Waals surface area contributed by atoms with Crippen LogP contribution < -0.4 is 68.2 Å². The van der Waals surface area contributed by atoms with Crippen LogP contribution in [0.4, 0.5) is 0 Å². The molecule has 0 spiro atoms. The molecule has 8 aliphatic rings. The Balaban J connectivity index is 1.02. The molecule has 22 N–H and O–H groups in total. The summed E-state index contributed by atoms with van der Waals surface area (Å²) < 4.78 is 52.9. The van der Waals surface area contributed by atoms with Gasteiger partial charge in [0.1, 0.15) is 89.5 Å². The summed E-state index contributed by atoms with van der Waals surface area (Å²) in [5.41, 5.74) is 9.57. The number of carboxylic acid groups (broad SMARTS) is 1. The van der Waals surface area contributed by atoms with Crippen LogP contribution in [0.2, 0.25) is 5.02 Å². The molecule has 7 amide bonds. The van der Waals surface area contributed by atoms with E-state index in [0.29, 0.717) is 0 Å². The fraction of sp³-hybridized carbons (Fsp3) is 0.419. The van der Waals surface area contributed by atoms with Gasteiger partial charge in [0.05, 0.1) is 48.5 Å². The van der Waals surface area contributed by atoms with Crippen molar-refractivity contribution >= 4 is 58.9 Å². The van der Waals surface area contributed by atoms with Crippen LogP contribution in [-0.4, -0.2) is 215 Å². The number of primary amides is 1. The minimum Gasteiger partial charge on any atom is -0.508 e. The quantitative estimate of drug-likeness (QED) is 0.0553. The first kappa shape index (κ1) is 89.6. The Morgan fingerprint density at radius 1 is 0.642 bits per heavy atom. The van der Waals surface area contributed by atoms with Gasteiger partial charge in [0.15, 0.2) is 36.2 Å². The Morgan fingerprint density at radius 3 is 1.93 bits per heavy atom. The van der Waals surface area contributed by atoms with Gasteiger partial charge in [0.2, 0.25) is 53.4 Å². The molecule has 123 heavy (non-hydrogen) atoms. The highest BCUT2D eigenvalue weighted by atomic mass is 35.5. The second-order valence-corrected chi connectivity index (χ2v) is 32.8. The number of phenols is 3. The van der Waals surface area contributed by atoms with Gasteiger partial charge >= 0.3 is 5.97 Å². The molecule has 0 aromatic heterocycles. The van der Waals surface area contributed by atoms with E-state index >= 15 is 24.0 Å². The molecule has 22 unspecified atom stereocenters. The van der Waals surface area contributed by atoms with Crippen molar-refractivity contribution in [1.29, 1.82) is 0 Å². The fourth-order valence-corrected chi connectivity index (χ4v) is 16.4. The molecule has 8 heterocycles. The number of halogens is 1. The number of carbonyl (C=O) groups is 8. The molecule has 8 aliphatic heterocycles. The number of carboxylic acids is 1. The normalized spacial score (nSPS) is 30.0. The van der Waals surface area contributed by atoms with E-state index in [1.807, 2.05) is 68.4 Å². The van der Waals surface area contributed by atoms with Gasteiger partial charge in [0.25, 0.3) is 0 Å². The first-order valence-corrected chi connectivity index (χ1v) is 40.2. The number of amides is 7. The molecule has 15 rings (SSSR count). The molecule has 36 nitrogen and oxygen atoms in total. The third-order valence-electron chi connectivity index (χ3n) is 22.8. The van der Waals surface area contributed by atoms with E-state index in [4.69, 9.17) is 61.0 Å². The molecule has 7 aromatic rings. The number of carbonyl (C=O) groups excluding carboxylic acids is 7. The number of aliphatic carboxylic acids is 1. The molecule has 22 atom stereocenters. The third kappa shape index (κ3) is 19.4. The van der Waals surface area contributed by atoms with Crippen LogP contribution in [0.5, 0.6) is 46.0 Å². The molecule has 9 bridgehead atoms. The van der Waals surface area contributed by atoms with Gasteiger partial charge in [-0.05, 0) is 135 Å². The Morgan fingerprint density at radius 2 is 1.28 bits per heavy atom. The van der Waals surface area contributed by atoms with E-state index in [1.165, 1.54) is 63.4 Å². The summed E-state index contributed by atoms with van der Waals surface area (Å²) in [6.07, 6.45) is -22.5. The Kier molecular flexibility index (Phi) is 27.0. The summed E-state index contributed by atoms with van der Waals surface area (Å²) in [5, 5.41) is 139. The second kappa shape index (κ2) is 37.1. The fourth-order valence-electron chi connectivity index (χ4n) is 16.2. The lowest BCUT2D eigenvalue weighted by Gasteiger charge is -2.48. The number of nitrogens with two attached hydrogens (primary N) is 2. The van der Waals surface area contributed by atoms with Crippen LogP contribution in [0.25, 0.3) is 22.3 Å². The Bertz CT molecular complexity index is 5110. The molecule has 656 valence electrons. The molecule has 3 saturated heterocycles. The lowest BCUT2D eigenvalue weighted by Crippen LogP contribution is -2.65. The van der Waals surface area contributed by atoms with Crippen molar-refractivity contribution in [1.82, 2.24) is 42.5 Å². The average Bonchev–Trinajstić information content (AvgIpc) is 1.73. The number of aromatic hydroxyl groups is 3. The molecule has 3 fully saturated rings. The van der Waals surface area contributed by atoms with Gasteiger partial charge in [-0.2, -0.15) is 0 Å². The van der Waals surface area contributed by atoms with E-state index in [0.717, 1.165) is 59.2 Å². The first-order valence-electron chi connectivity index (χ1n) is 39.9. The average molecular weight is 1720 g/mol. The number of fused-ring (bicyclic) bond motifs is 14. The highest BCUT2D eigenvalue weighted by Gasteiger charge is 2.53. The maximum Gasteiger partial charge on any atom is 0.330 e. The van der Waals surface area contributed by atoms with E-state index in [9.17, 15) is 65.4 Å². The minimum atomic E-state index is -2.41. The standard InChI is InChI=1S/C86H99ClN10O26/c1-37(2)26-51(90-7)77(108)96-67-69(103)44-22-25-55(50(87)27-44)119-57-29-45-28-56(73(57)123-84-74(71(105)70(104)58(36-98)120-84)122-61-34-86(6,76(107)39(4)117-61)91-35-40-16-18-42(19-17-40)41-12-9-8-10-13-41)118-47-23-20-43(21-24-47)72(121-60-33-85(5,89)75(106)38(3)116-60)68-82(113)95-66(83(114)115)49-30-46(99)31-54(101)63(49)62-48(14-11-15-53(62)100)65(80(111)97-68)94-79(110)64(45)93-78(109)52(32-59(88)102)92-81(67)112/h8-25,27-31,37-39,51-52,58,60-61,64-72,74-76,84,90-91,98-101,103-107H,26,32-36,89H2,1-7H3,(H2,88,102)(H,92,112)(H,93,109)(H,94,110)(H,95,113)(H,96,108)(H,97,111)(H,114,115). The second-order valence-electron chi connectivity index (χ2n) is 32.4. The van der Waals surface area contributed by atoms with Crippen LogP contribution in [0.1, 0.15) is 131 Å². The summed E-state index contributed by atoms with van der Waals surface area (Å²) in [5.74, 6) is -16.0. The number of benzene rings is 7. The van der Waals surface area contributed by atoms with Crippen LogP contribution >= 0.6 is 11.6 Å². The maximum absolute atomic E-state index is 16.6. The summed E-state index contributed by atoms with van der Waals surface area (Å²) in [6.45, 7) is 9.18. The minimum absolute atomic E-state index is 0.0474. The van der Waals surface area contributed by atoms with Crippen molar-refractivity contribution in [2.24, 2.45) is 17.4 Å². The number of aliphatic hydroxyl groups is 6. The summed E-state index contributed by atoms with van der Waals surface area (Å²) in [7, 11) is 1.48. The van der Waals surface area contributed by atoms with Gasteiger partial charge in [-0.1, -0.05) is 110 Å². The van der Waals surface area contributed by atoms with Crippen molar-refractivity contribution in [3.05, 3.63) is 178 Å². The summed E-state index contributed by atoms with van der Waals surface area (Å²) in [4.78, 5) is 121. The molecule has 0 radical (unpaired) electrons. The lowest BCUT2D eigenvalue weighted by atomic mass is 9.84. The zero-order valence-corrected chi connectivity index (χ0v) is 68.4. The number of nitrogens with one attached hydrogen (secondary N) is 8. The van der Waals surface area contributed by atoms with Crippen molar-refractivity contribution in [3.63, 3.8) is 0 Å². The van der Waals surface area contributed by atoms with E-state index in [2.05, 4.69) is 42.5 Å². The molecule has 0 saturated carbocycles. The zero-order chi connectivity index (χ0) is 88.5. The highest BCUT2D eigenvalue weighted by molar-refractivity contribution is 6.32. The number of rotatable bonds is 19. The van der Waals surface area contributed by atoms with Gasteiger partial charge in [-0.25, -0.2) is 4.79 Å². The topological polar surface area (TPSA) is 561 Å². The molecule has 7 aromatic carbocycles. The van der Waals surface area contributed by atoms with Crippen molar-refractivity contribution in [3.8, 4) is 68.2 Å². The van der Waals surface area contributed by atoms with Crippen molar-refractivity contribution < 1.29 is 127 Å². The number of ether oxygens (including phenoxy) is 8. The monoisotopic (exact) mass is 1720 g/mol. The third-order valence-corrected chi connectivity index (χ3v) is 23.1. The zero-order valence-electron chi connectivity index (χ0n) is 67.7. The van der Waals surface area contributed by atoms with Crippen LogP contribution in [0.3, 0.4) is 0 Å². The Labute approximate surface area is 709 Å². The highest BCUT2D eigenvalue weighted by Crippen LogP contribution is 2.51. The smallest absolute Gasteiger partial charge is 0.330 e. The van der Waals surface area contributed by atoms with Crippen molar-refractivity contribution in [2.45, 2.75) is 207 Å². The Hall–Kier alpha value is -11.2.